The normalized spacial score (nSPS) is 11.1. The average Bonchev–Trinajstić information content (AvgIpc) is 2.76. The van der Waals surface area contributed by atoms with Gasteiger partial charge in [0, 0.05) is 18.3 Å². The van der Waals surface area contributed by atoms with Gasteiger partial charge >= 0.3 is 0 Å². The highest BCUT2D eigenvalue weighted by molar-refractivity contribution is 7.92. The molecule has 0 saturated heterocycles. The molecule has 0 aromatic heterocycles. The van der Waals surface area contributed by atoms with Crippen molar-refractivity contribution in [2.24, 2.45) is 0 Å². The molecule has 0 aliphatic rings. The van der Waals surface area contributed by atoms with Crippen molar-refractivity contribution in [3.63, 3.8) is 0 Å². The Bertz CT molecular complexity index is 1160. The van der Waals surface area contributed by atoms with E-state index in [1.807, 2.05) is 31.2 Å². The lowest BCUT2D eigenvalue weighted by molar-refractivity contribution is 0.0773. The predicted molar refractivity (Wildman–Crippen MR) is 117 cm³/mol. The summed E-state index contributed by atoms with van der Waals surface area (Å²) in [5.41, 5.74) is 1.46. The second-order valence-electron chi connectivity index (χ2n) is 6.98. The van der Waals surface area contributed by atoms with Crippen molar-refractivity contribution >= 4 is 21.6 Å². The van der Waals surface area contributed by atoms with E-state index >= 15 is 0 Å². The zero-order valence-corrected chi connectivity index (χ0v) is 18.0. The summed E-state index contributed by atoms with van der Waals surface area (Å²) in [4.78, 5) is 14.1. The van der Waals surface area contributed by atoms with Crippen LogP contribution in [0.5, 0.6) is 5.75 Å². The number of amides is 1. The number of carbonyl (C=O) groups excluding carboxylic acids is 1. The first kappa shape index (κ1) is 22.3. The van der Waals surface area contributed by atoms with E-state index in [1.165, 1.54) is 35.2 Å². The molecule has 0 spiro atoms. The van der Waals surface area contributed by atoms with E-state index in [0.717, 1.165) is 23.4 Å². The minimum Gasteiger partial charge on any atom is -0.491 e. The zero-order valence-electron chi connectivity index (χ0n) is 17.2. The molecule has 3 aromatic rings. The third-order valence-electron chi connectivity index (χ3n) is 4.61. The molecule has 0 aliphatic carbocycles. The van der Waals surface area contributed by atoms with Crippen molar-refractivity contribution in [1.82, 2.24) is 4.90 Å². The van der Waals surface area contributed by atoms with E-state index in [4.69, 9.17) is 4.74 Å². The molecular formula is C23H23FN2O4S. The Balaban J connectivity index is 1.66. The van der Waals surface area contributed by atoms with E-state index in [1.54, 1.807) is 13.1 Å². The zero-order chi connectivity index (χ0) is 22.4. The van der Waals surface area contributed by atoms with Crippen molar-refractivity contribution in [2.75, 3.05) is 24.9 Å². The molecule has 0 fully saturated rings. The summed E-state index contributed by atoms with van der Waals surface area (Å²) in [5.74, 6) is -0.0412. The molecule has 31 heavy (non-hydrogen) atoms. The van der Waals surface area contributed by atoms with Gasteiger partial charge in [-0.1, -0.05) is 24.3 Å². The monoisotopic (exact) mass is 442 g/mol. The van der Waals surface area contributed by atoms with Gasteiger partial charge in [-0.2, -0.15) is 0 Å². The molecule has 0 saturated carbocycles. The summed E-state index contributed by atoms with van der Waals surface area (Å²) < 4.78 is 46.4. The SMILES string of the molecule is Cc1ccccc1OCCN(C)C(=O)c1cccc(S(=O)(=O)Nc2ccc(F)cc2)c1. The maximum absolute atomic E-state index is 13.0. The largest absolute Gasteiger partial charge is 0.491 e. The Labute approximate surface area is 181 Å². The molecule has 0 unspecified atom stereocenters. The van der Waals surface area contributed by atoms with Crippen LogP contribution in [-0.4, -0.2) is 39.4 Å². The summed E-state index contributed by atoms with van der Waals surface area (Å²) in [6.45, 7) is 2.57. The number of aryl methyl sites for hydroxylation is 1. The van der Waals surface area contributed by atoms with Gasteiger partial charge in [0.2, 0.25) is 0 Å². The number of likely N-dealkylation sites (N-methyl/N-ethyl adjacent to an activating group) is 1. The van der Waals surface area contributed by atoms with Crippen LogP contribution in [-0.2, 0) is 10.0 Å². The number of carbonyl (C=O) groups is 1. The number of rotatable bonds is 8. The van der Waals surface area contributed by atoms with Gasteiger partial charge < -0.3 is 9.64 Å². The highest BCUT2D eigenvalue weighted by Crippen LogP contribution is 2.19. The number of hydrogen-bond donors (Lipinski definition) is 1. The summed E-state index contributed by atoms with van der Waals surface area (Å²) in [6.07, 6.45) is 0. The van der Waals surface area contributed by atoms with Crippen LogP contribution >= 0.6 is 0 Å². The first-order chi connectivity index (χ1) is 14.8. The van der Waals surface area contributed by atoms with Gasteiger partial charge in [0.15, 0.2) is 0 Å². The van der Waals surface area contributed by atoms with E-state index < -0.39 is 15.8 Å². The second-order valence-corrected chi connectivity index (χ2v) is 8.66. The molecule has 3 rings (SSSR count). The van der Waals surface area contributed by atoms with Crippen molar-refractivity contribution in [2.45, 2.75) is 11.8 Å². The Kier molecular flexibility index (Phi) is 6.91. The lowest BCUT2D eigenvalue weighted by atomic mass is 10.2. The van der Waals surface area contributed by atoms with Crippen LogP contribution in [0, 0.1) is 12.7 Å². The Morgan fingerprint density at radius 1 is 1.03 bits per heavy atom. The van der Waals surface area contributed by atoms with Crippen molar-refractivity contribution in [1.29, 1.82) is 0 Å². The lowest BCUT2D eigenvalue weighted by Gasteiger charge is -2.18. The number of benzene rings is 3. The maximum Gasteiger partial charge on any atom is 0.261 e. The van der Waals surface area contributed by atoms with Gasteiger partial charge in [0.1, 0.15) is 18.2 Å². The van der Waals surface area contributed by atoms with Gasteiger partial charge in [-0.3, -0.25) is 9.52 Å². The number of anilines is 1. The van der Waals surface area contributed by atoms with Crippen LogP contribution in [0.25, 0.3) is 0 Å². The van der Waals surface area contributed by atoms with E-state index in [0.29, 0.717) is 13.2 Å². The molecule has 0 bridgehead atoms. The van der Waals surface area contributed by atoms with Crippen LogP contribution < -0.4 is 9.46 Å². The van der Waals surface area contributed by atoms with Gasteiger partial charge in [-0.15, -0.1) is 0 Å². The fraction of sp³-hybridized carbons (Fsp3) is 0.174. The molecular weight excluding hydrogens is 419 g/mol. The summed E-state index contributed by atoms with van der Waals surface area (Å²) in [5, 5.41) is 0. The number of halogens is 1. The second kappa shape index (κ2) is 9.61. The minimum atomic E-state index is -3.93. The topological polar surface area (TPSA) is 75.7 Å². The Morgan fingerprint density at radius 3 is 2.45 bits per heavy atom. The number of hydrogen-bond acceptors (Lipinski definition) is 4. The van der Waals surface area contributed by atoms with Gasteiger partial charge in [-0.25, -0.2) is 12.8 Å². The van der Waals surface area contributed by atoms with Gasteiger partial charge in [0.05, 0.1) is 11.4 Å². The number of ether oxygens (including phenoxy) is 1. The van der Waals surface area contributed by atoms with Gasteiger partial charge in [0.25, 0.3) is 15.9 Å². The maximum atomic E-state index is 13.0. The van der Waals surface area contributed by atoms with Gasteiger partial charge in [-0.05, 0) is 61.0 Å². The molecule has 0 radical (unpaired) electrons. The molecule has 6 nitrogen and oxygen atoms in total. The molecule has 1 amide bonds. The van der Waals surface area contributed by atoms with Crippen LogP contribution in [0.15, 0.2) is 77.7 Å². The van der Waals surface area contributed by atoms with Crippen molar-refractivity contribution < 1.29 is 22.3 Å². The average molecular weight is 443 g/mol. The first-order valence-electron chi connectivity index (χ1n) is 9.58. The van der Waals surface area contributed by atoms with Crippen molar-refractivity contribution in [3.8, 4) is 5.75 Å². The number of nitrogens with one attached hydrogen (secondary N) is 1. The van der Waals surface area contributed by atoms with Crippen LogP contribution in [0.3, 0.4) is 0 Å². The highest BCUT2D eigenvalue weighted by atomic mass is 32.2. The minimum absolute atomic E-state index is 0.0627. The third-order valence-corrected chi connectivity index (χ3v) is 5.99. The summed E-state index contributed by atoms with van der Waals surface area (Å²) in [6, 6.07) is 18.3. The fourth-order valence-corrected chi connectivity index (χ4v) is 3.97. The first-order valence-corrected chi connectivity index (χ1v) is 11.1. The van der Waals surface area contributed by atoms with Crippen LogP contribution in [0.4, 0.5) is 10.1 Å². The molecule has 162 valence electrons. The third kappa shape index (κ3) is 5.82. The molecule has 0 aliphatic heterocycles. The molecule has 0 heterocycles. The van der Waals surface area contributed by atoms with E-state index in [2.05, 4.69) is 4.72 Å². The van der Waals surface area contributed by atoms with Crippen LogP contribution in [0.2, 0.25) is 0 Å². The Morgan fingerprint density at radius 2 is 1.74 bits per heavy atom. The van der Waals surface area contributed by atoms with E-state index in [9.17, 15) is 17.6 Å². The molecule has 3 aromatic carbocycles. The number of sulfonamides is 1. The Hall–Kier alpha value is -3.39. The smallest absolute Gasteiger partial charge is 0.261 e. The summed E-state index contributed by atoms with van der Waals surface area (Å²) >= 11 is 0. The number of para-hydroxylation sites is 1. The summed E-state index contributed by atoms with van der Waals surface area (Å²) in [7, 11) is -2.31. The highest BCUT2D eigenvalue weighted by Gasteiger charge is 2.18. The lowest BCUT2D eigenvalue weighted by Crippen LogP contribution is -2.31. The fourth-order valence-electron chi connectivity index (χ4n) is 2.86. The molecule has 1 N–H and O–H groups in total. The van der Waals surface area contributed by atoms with Crippen molar-refractivity contribution in [3.05, 3.63) is 89.7 Å². The predicted octanol–water partition coefficient (Wildman–Crippen LogP) is 4.09. The van der Waals surface area contributed by atoms with Crippen LogP contribution in [0.1, 0.15) is 15.9 Å². The number of nitrogens with zero attached hydrogens (tertiary/aromatic N) is 1. The quantitative estimate of drug-likeness (QED) is 0.570. The molecule has 8 heteroatoms. The standard InChI is InChI=1S/C23H23FN2O4S/c1-17-6-3-4-9-22(17)30-15-14-26(2)23(27)18-7-5-8-21(16-18)31(28,29)25-20-12-10-19(24)11-13-20/h3-13,16,25H,14-15H2,1-2H3. The molecule has 0 atom stereocenters. The van der Waals surface area contributed by atoms with E-state index in [-0.39, 0.29) is 22.1 Å².